The van der Waals surface area contributed by atoms with Crippen molar-refractivity contribution >= 4 is 45.7 Å². The van der Waals surface area contributed by atoms with Crippen molar-refractivity contribution in [3.63, 3.8) is 0 Å². The van der Waals surface area contributed by atoms with E-state index in [0.717, 1.165) is 10.9 Å². The van der Waals surface area contributed by atoms with Crippen molar-refractivity contribution in [2.75, 3.05) is 17.3 Å². The number of hydrogen-bond acceptors (Lipinski definition) is 3. The molecule has 1 aliphatic heterocycles. The fraction of sp³-hybridized carbons (Fsp3) is 0.0435. The third kappa shape index (κ3) is 3.07. The van der Waals surface area contributed by atoms with E-state index >= 15 is 0 Å². The molecule has 0 saturated heterocycles. The van der Waals surface area contributed by atoms with Crippen LogP contribution in [0.1, 0.15) is 20.8 Å². The van der Waals surface area contributed by atoms with Crippen LogP contribution in [0, 0.1) is 0 Å². The fourth-order valence-electron chi connectivity index (χ4n) is 3.51. The zero-order valence-electron chi connectivity index (χ0n) is 15.9. The number of H-pyrrole nitrogens is 1. The number of rotatable bonds is 2. The number of hydrogen-bond donors (Lipinski definition) is 2. The smallest absolute Gasteiger partial charge is 0.272 e. The molecule has 0 spiro atoms. The Morgan fingerprint density at radius 2 is 1.87 bits per heavy atom. The number of halogens is 1. The molecule has 1 aliphatic rings. The second-order valence-corrected chi connectivity index (χ2v) is 7.45. The highest BCUT2D eigenvalue weighted by molar-refractivity contribution is 6.31. The van der Waals surface area contributed by atoms with E-state index in [-0.39, 0.29) is 11.8 Å². The van der Waals surface area contributed by atoms with Gasteiger partial charge in [0.1, 0.15) is 11.4 Å². The summed E-state index contributed by atoms with van der Waals surface area (Å²) >= 11 is 6.02. The molecule has 6 nitrogen and oxygen atoms in total. The summed E-state index contributed by atoms with van der Waals surface area (Å²) in [5.74, 6) is 0.560. The molecule has 0 radical (unpaired) electrons. The van der Waals surface area contributed by atoms with Crippen molar-refractivity contribution < 1.29 is 14.3 Å². The zero-order valence-corrected chi connectivity index (χ0v) is 16.7. The maximum absolute atomic E-state index is 12.8. The standard InChI is InChI=1S/C23H16ClN3O3/c1-27-19-12-15(7-9-21(19)30-20-5-3-2-4-16(20)23(27)29)25-22(28)18-11-13-10-14(24)6-8-17(13)26-18/h2-12,26H,1H3,(H,25,28). The number of para-hydroxylation sites is 1. The number of fused-ring (bicyclic) bond motifs is 3. The number of aromatic amines is 1. The normalized spacial score (nSPS) is 12.7. The Kier molecular flexibility index (Phi) is 4.22. The third-order valence-corrected chi connectivity index (χ3v) is 5.28. The molecule has 5 rings (SSSR count). The van der Waals surface area contributed by atoms with E-state index in [1.807, 2.05) is 12.1 Å². The number of nitrogens with zero attached hydrogens (tertiary/aromatic N) is 1. The molecule has 0 atom stereocenters. The molecule has 0 fully saturated rings. The minimum atomic E-state index is -0.297. The number of anilines is 2. The van der Waals surface area contributed by atoms with Crippen molar-refractivity contribution in [2.45, 2.75) is 0 Å². The number of nitrogens with one attached hydrogen (secondary N) is 2. The molecule has 2 amide bonds. The van der Waals surface area contributed by atoms with E-state index in [1.54, 1.807) is 61.6 Å². The Balaban J connectivity index is 1.45. The van der Waals surface area contributed by atoms with Gasteiger partial charge in [0.2, 0.25) is 0 Å². The lowest BCUT2D eigenvalue weighted by Gasteiger charge is -2.17. The van der Waals surface area contributed by atoms with E-state index < -0.39 is 0 Å². The molecule has 4 aromatic rings. The van der Waals surface area contributed by atoms with E-state index in [1.165, 1.54) is 4.90 Å². The molecule has 0 saturated carbocycles. The van der Waals surface area contributed by atoms with Gasteiger partial charge in [-0.05, 0) is 54.6 Å². The molecule has 3 aromatic carbocycles. The first-order chi connectivity index (χ1) is 14.5. The summed E-state index contributed by atoms with van der Waals surface area (Å²) < 4.78 is 5.95. The highest BCUT2D eigenvalue weighted by Gasteiger charge is 2.25. The van der Waals surface area contributed by atoms with Gasteiger partial charge in [-0.2, -0.15) is 0 Å². The van der Waals surface area contributed by atoms with Crippen LogP contribution in [-0.4, -0.2) is 23.8 Å². The average molecular weight is 418 g/mol. The molecule has 2 heterocycles. The summed E-state index contributed by atoms with van der Waals surface area (Å²) in [5.41, 5.74) is 2.83. The number of amides is 2. The van der Waals surface area contributed by atoms with Crippen LogP contribution in [0.15, 0.2) is 66.7 Å². The van der Waals surface area contributed by atoms with Crippen molar-refractivity contribution in [3.05, 3.63) is 83.0 Å². The molecule has 7 heteroatoms. The predicted octanol–water partition coefficient (Wildman–Crippen LogP) is 5.46. The van der Waals surface area contributed by atoms with Gasteiger partial charge >= 0.3 is 0 Å². The minimum Gasteiger partial charge on any atom is -0.454 e. The largest absolute Gasteiger partial charge is 0.454 e. The van der Waals surface area contributed by atoms with Crippen molar-refractivity contribution in [2.24, 2.45) is 0 Å². The van der Waals surface area contributed by atoms with Gasteiger partial charge in [-0.1, -0.05) is 23.7 Å². The van der Waals surface area contributed by atoms with Gasteiger partial charge in [-0.3, -0.25) is 9.59 Å². The fourth-order valence-corrected chi connectivity index (χ4v) is 3.69. The Morgan fingerprint density at radius 3 is 2.73 bits per heavy atom. The third-order valence-electron chi connectivity index (χ3n) is 5.05. The number of benzene rings is 3. The Bertz CT molecular complexity index is 1330. The van der Waals surface area contributed by atoms with E-state index in [9.17, 15) is 9.59 Å². The molecule has 0 unspecified atom stereocenters. The van der Waals surface area contributed by atoms with Gasteiger partial charge in [0.05, 0.1) is 11.3 Å². The second-order valence-electron chi connectivity index (χ2n) is 7.01. The highest BCUT2D eigenvalue weighted by Crippen LogP contribution is 2.39. The number of carbonyl (C=O) groups excluding carboxylic acids is 2. The van der Waals surface area contributed by atoms with Crippen molar-refractivity contribution in [1.82, 2.24) is 4.98 Å². The molecular formula is C23H16ClN3O3. The Hall–Kier alpha value is -3.77. The van der Waals surface area contributed by atoms with Crippen LogP contribution in [-0.2, 0) is 0 Å². The van der Waals surface area contributed by atoms with Gasteiger partial charge in [0.25, 0.3) is 11.8 Å². The summed E-state index contributed by atoms with van der Waals surface area (Å²) in [4.78, 5) is 30.2. The number of ether oxygens (including phenoxy) is 1. The van der Waals surface area contributed by atoms with Gasteiger partial charge in [0.15, 0.2) is 5.75 Å². The maximum atomic E-state index is 12.8. The molecule has 30 heavy (non-hydrogen) atoms. The first kappa shape index (κ1) is 18.3. The topological polar surface area (TPSA) is 74.4 Å². The summed E-state index contributed by atoms with van der Waals surface area (Å²) in [6.07, 6.45) is 0. The highest BCUT2D eigenvalue weighted by atomic mass is 35.5. The van der Waals surface area contributed by atoms with Crippen LogP contribution in [0.25, 0.3) is 10.9 Å². The van der Waals surface area contributed by atoms with Gasteiger partial charge in [0, 0.05) is 28.7 Å². The summed E-state index contributed by atoms with van der Waals surface area (Å²) in [5, 5.41) is 4.32. The van der Waals surface area contributed by atoms with Gasteiger partial charge < -0.3 is 19.9 Å². The van der Waals surface area contributed by atoms with Crippen LogP contribution in [0.5, 0.6) is 11.5 Å². The molecule has 0 aliphatic carbocycles. The van der Waals surface area contributed by atoms with Crippen LogP contribution >= 0.6 is 11.6 Å². The van der Waals surface area contributed by atoms with Gasteiger partial charge in [-0.15, -0.1) is 0 Å². The Labute approximate surface area is 177 Å². The SMILES string of the molecule is CN1C(=O)c2ccccc2Oc2ccc(NC(=O)c3cc4cc(Cl)ccc4[nH]3)cc21. The first-order valence-corrected chi connectivity index (χ1v) is 9.66. The molecule has 148 valence electrons. The quantitative estimate of drug-likeness (QED) is 0.455. The molecule has 0 bridgehead atoms. The summed E-state index contributed by atoms with van der Waals surface area (Å²) in [6, 6.07) is 19.4. The zero-order chi connectivity index (χ0) is 20.8. The molecule has 2 N–H and O–H groups in total. The monoisotopic (exact) mass is 417 g/mol. The average Bonchev–Trinajstić information content (AvgIpc) is 3.13. The van der Waals surface area contributed by atoms with E-state index in [0.29, 0.717) is 39.2 Å². The van der Waals surface area contributed by atoms with Crippen LogP contribution in [0.4, 0.5) is 11.4 Å². The van der Waals surface area contributed by atoms with E-state index in [4.69, 9.17) is 16.3 Å². The Morgan fingerprint density at radius 1 is 1.03 bits per heavy atom. The van der Waals surface area contributed by atoms with Crippen LogP contribution in [0.2, 0.25) is 5.02 Å². The van der Waals surface area contributed by atoms with Gasteiger partial charge in [-0.25, -0.2) is 0 Å². The lowest BCUT2D eigenvalue weighted by atomic mass is 10.2. The summed E-state index contributed by atoms with van der Waals surface area (Å²) in [7, 11) is 1.68. The number of aromatic nitrogens is 1. The van der Waals surface area contributed by atoms with Crippen molar-refractivity contribution in [1.29, 1.82) is 0 Å². The van der Waals surface area contributed by atoms with Crippen LogP contribution in [0.3, 0.4) is 0 Å². The lowest BCUT2D eigenvalue weighted by molar-refractivity contribution is 0.0991. The first-order valence-electron chi connectivity index (χ1n) is 9.28. The second kappa shape index (κ2) is 6.93. The number of carbonyl (C=O) groups is 2. The minimum absolute atomic E-state index is 0.180. The predicted molar refractivity (Wildman–Crippen MR) is 117 cm³/mol. The maximum Gasteiger partial charge on any atom is 0.272 e. The van der Waals surface area contributed by atoms with Crippen molar-refractivity contribution in [3.8, 4) is 11.5 Å². The van der Waals surface area contributed by atoms with E-state index in [2.05, 4.69) is 10.3 Å². The summed E-state index contributed by atoms with van der Waals surface area (Å²) in [6.45, 7) is 0. The lowest BCUT2D eigenvalue weighted by Crippen LogP contribution is -2.25. The molecule has 1 aromatic heterocycles. The molecular weight excluding hydrogens is 402 g/mol. The van der Waals surface area contributed by atoms with Crippen LogP contribution < -0.4 is 15.0 Å².